The van der Waals surface area contributed by atoms with Gasteiger partial charge in [-0.25, -0.2) is 9.78 Å². The quantitative estimate of drug-likeness (QED) is 0.758. The number of rotatable bonds is 4. The number of aryl methyl sites for hydroxylation is 1. The minimum Gasteiger partial charge on any atom is -0.352 e. The number of urea groups is 1. The fraction of sp³-hybridized carbons (Fsp3) is 0.643. The van der Waals surface area contributed by atoms with Crippen molar-refractivity contribution >= 4 is 23.7 Å². The SMILES string of the molecule is Cn1ccnc1SC1CCC(NC(=O)C2CNC(=O)N2)CC1. The van der Waals surface area contributed by atoms with Crippen LogP contribution in [0.4, 0.5) is 4.79 Å². The number of hydrogen-bond donors (Lipinski definition) is 3. The van der Waals surface area contributed by atoms with Crippen LogP contribution < -0.4 is 16.0 Å². The van der Waals surface area contributed by atoms with Crippen LogP contribution in [0, 0.1) is 0 Å². The van der Waals surface area contributed by atoms with E-state index >= 15 is 0 Å². The van der Waals surface area contributed by atoms with E-state index in [-0.39, 0.29) is 18.0 Å². The highest BCUT2D eigenvalue weighted by Gasteiger charge is 2.30. The minimum atomic E-state index is -0.438. The predicted octanol–water partition coefficient (Wildman–Crippen LogP) is 0.621. The lowest BCUT2D eigenvalue weighted by atomic mass is 9.95. The Hall–Kier alpha value is -1.70. The Morgan fingerprint density at radius 3 is 2.77 bits per heavy atom. The lowest BCUT2D eigenvalue weighted by Crippen LogP contribution is -2.48. The van der Waals surface area contributed by atoms with E-state index in [1.165, 1.54) is 0 Å². The topological polar surface area (TPSA) is 88.1 Å². The minimum absolute atomic E-state index is 0.0847. The Morgan fingerprint density at radius 2 is 2.18 bits per heavy atom. The molecule has 1 aliphatic heterocycles. The number of thioether (sulfide) groups is 1. The summed E-state index contributed by atoms with van der Waals surface area (Å²) in [6.45, 7) is 0.370. The van der Waals surface area contributed by atoms with Crippen LogP contribution in [0.3, 0.4) is 0 Å². The standard InChI is InChI=1S/C14H21N5O2S/c1-19-7-6-15-14(19)22-10-4-2-9(3-5-10)17-12(20)11-8-16-13(21)18-11/h6-7,9-11H,2-5,8H2,1H3,(H,17,20)(H2,16,18,21). The van der Waals surface area contributed by atoms with Crippen molar-refractivity contribution in [1.29, 1.82) is 0 Å². The molecule has 2 heterocycles. The number of aromatic nitrogens is 2. The van der Waals surface area contributed by atoms with Gasteiger partial charge in [-0.15, -0.1) is 0 Å². The number of imidazole rings is 1. The second-order valence-corrected chi connectivity index (χ2v) is 7.10. The summed E-state index contributed by atoms with van der Waals surface area (Å²) in [5.41, 5.74) is 0. The van der Waals surface area contributed by atoms with Crippen LogP contribution in [0.2, 0.25) is 0 Å². The molecule has 8 heteroatoms. The summed E-state index contributed by atoms with van der Waals surface area (Å²) in [4.78, 5) is 27.5. The number of carbonyl (C=O) groups is 2. The van der Waals surface area contributed by atoms with E-state index in [0.29, 0.717) is 11.8 Å². The third-order valence-electron chi connectivity index (χ3n) is 4.16. The molecule has 3 N–H and O–H groups in total. The first-order valence-corrected chi connectivity index (χ1v) is 8.48. The highest BCUT2D eigenvalue weighted by molar-refractivity contribution is 7.99. The van der Waals surface area contributed by atoms with Crippen molar-refractivity contribution < 1.29 is 9.59 Å². The van der Waals surface area contributed by atoms with Crippen molar-refractivity contribution in [3.63, 3.8) is 0 Å². The zero-order chi connectivity index (χ0) is 15.5. The van der Waals surface area contributed by atoms with Gasteiger partial charge in [-0.3, -0.25) is 4.79 Å². The molecule has 2 fully saturated rings. The Labute approximate surface area is 133 Å². The maximum Gasteiger partial charge on any atom is 0.315 e. The summed E-state index contributed by atoms with van der Waals surface area (Å²) in [5, 5.41) is 9.87. The summed E-state index contributed by atoms with van der Waals surface area (Å²) in [6.07, 6.45) is 7.86. The summed E-state index contributed by atoms with van der Waals surface area (Å²) in [5.74, 6) is -0.0847. The molecule has 0 spiro atoms. The third kappa shape index (κ3) is 3.55. The lowest BCUT2D eigenvalue weighted by molar-refractivity contribution is -0.123. The molecular weight excluding hydrogens is 302 g/mol. The Balaban J connectivity index is 1.43. The molecular formula is C14H21N5O2S. The van der Waals surface area contributed by atoms with Gasteiger partial charge in [0.2, 0.25) is 5.91 Å². The number of carbonyl (C=O) groups excluding carboxylic acids is 2. The molecule has 1 aromatic heterocycles. The molecule has 0 radical (unpaired) electrons. The van der Waals surface area contributed by atoms with E-state index in [1.807, 2.05) is 35.8 Å². The average molecular weight is 323 g/mol. The van der Waals surface area contributed by atoms with Crippen LogP contribution in [0.15, 0.2) is 17.6 Å². The van der Waals surface area contributed by atoms with Crippen LogP contribution in [0.25, 0.3) is 0 Å². The summed E-state index contributed by atoms with van der Waals surface area (Å²) < 4.78 is 2.04. The van der Waals surface area contributed by atoms with Crippen LogP contribution in [-0.4, -0.2) is 45.4 Å². The number of nitrogens with one attached hydrogen (secondary N) is 3. The zero-order valence-corrected chi connectivity index (χ0v) is 13.4. The highest BCUT2D eigenvalue weighted by Crippen LogP contribution is 2.32. The van der Waals surface area contributed by atoms with Crippen LogP contribution in [0.1, 0.15) is 25.7 Å². The zero-order valence-electron chi connectivity index (χ0n) is 12.5. The number of hydrogen-bond acceptors (Lipinski definition) is 4. The molecule has 1 unspecified atom stereocenters. The van der Waals surface area contributed by atoms with E-state index in [9.17, 15) is 9.59 Å². The largest absolute Gasteiger partial charge is 0.352 e. The smallest absolute Gasteiger partial charge is 0.315 e. The lowest BCUT2D eigenvalue weighted by Gasteiger charge is -2.29. The number of nitrogens with zero attached hydrogens (tertiary/aromatic N) is 2. The molecule has 0 bridgehead atoms. The monoisotopic (exact) mass is 323 g/mol. The van der Waals surface area contributed by atoms with Gasteiger partial charge in [0.1, 0.15) is 6.04 Å². The van der Waals surface area contributed by atoms with Gasteiger partial charge in [0.25, 0.3) is 0 Å². The van der Waals surface area contributed by atoms with Gasteiger partial charge < -0.3 is 20.5 Å². The Kier molecular flexibility index (Phi) is 4.56. The molecule has 1 aromatic rings. The molecule has 120 valence electrons. The van der Waals surface area contributed by atoms with Crippen molar-refractivity contribution in [3.8, 4) is 0 Å². The first-order chi connectivity index (χ1) is 10.6. The number of amides is 3. The maximum atomic E-state index is 12.1. The van der Waals surface area contributed by atoms with Crippen molar-refractivity contribution in [3.05, 3.63) is 12.4 Å². The summed E-state index contributed by atoms with van der Waals surface area (Å²) in [6, 6.07) is -0.495. The van der Waals surface area contributed by atoms with E-state index in [1.54, 1.807) is 0 Å². The molecule has 1 saturated carbocycles. The highest BCUT2D eigenvalue weighted by atomic mass is 32.2. The second-order valence-electron chi connectivity index (χ2n) is 5.83. The van der Waals surface area contributed by atoms with Crippen LogP contribution in [0.5, 0.6) is 0 Å². The summed E-state index contributed by atoms with van der Waals surface area (Å²) in [7, 11) is 2.01. The normalized spacial score (nSPS) is 28.0. The van der Waals surface area contributed by atoms with Crippen LogP contribution >= 0.6 is 11.8 Å². The molecule has 22 heavy (non-hydrogen) atoms. The van der Waals surface area contributed by atoms with E-state index < -0.39 is 6.04 Å². The Bertz CT molecular complexity index is 553. The van der Waals surface area contributed by atoms with Gasteiger partial charge in [0.15, 0.2) is 5.16 Å². The van der Waals surface area contributed by atoms with Gasteiger partial charge in [-0.1, -0.05) is 11.8 Å². The molecule has 3 amide bonds. The first-order valence-electron chi connectivity index (χ1n) is 7.60. The molecule has 1 aliphatic carbocycles. The fourth-order valence-corrected chi connectivity index (χ4v) is 4.01. The van der Waals surface area contributed by atoms with Crippen molar-refractivity contribution in [2.45, 2.75) is 48.2 Å². The van der Waals surface area contributed by atoms with Crippen molar-refractivity contribution in [2.24, 2.45) is 7.05 Å². The van der Waals surface area contributed by atoms with Gasteiger partial charge >= 0.3 is 6.03 Å². The molecule has 1 saturated heterocycles. The van der Waals surface area contributed by atoms with Crippen molar-refractivity contribution in [2.75, 3.05) is 6.54 Å². The van der Waals surface area contributed by atoms with Gasteiger partial charge in [0.05, 0.1) is 0 Å². The van der Waals surface area contributed by atoms with Gasteiger partial charge in [-0.05, 0) is 25.7 Å². The van der Waals surface area contributed by atoms with E-state index in [4.69, 9.17) is 0 Å². The summed E-state index contributed by atoms with van der Waals surface area (Å²) >= 11 is 1.82. The fourth-order valence-electron chi connectivity index (χ4n) is 2.85. The maximum absolute atomic E-state index is 12.1. The van der Waals surface area contributed by atoms with Crippen molar-refractivity contribution in [1.82, 2.24) is 25.5 Å². The first kappa shape index (κ1) is 15.2. The van der Waals surface area contributed by atoms with Crippen LogP contribution in [-0.2, 0) is 11.8 Å². The molecule has 2 aliphatic rings. The van der Waals surface area contributed by atoms with Gasteiger partial charge in [0, 0.05) is 37.3 Å². The molecule has 0 aromatic carbocycles. The van der Waals surface area contributed by atoms with E-state index in [2.05, 4.69) is 20.9 Å². The van der Waals surface area contributed by atoms with Gasteiger partial charge in [-0.2, -0.15) is 0 Å². The van der Waals surface area contributed by atoms with E-state index in [0.717, 1.165) is 30.8 Å². The Morgan fingerprint density at radius 1 is 1.41 bits per heavy atom. The predicted molar refractivity (Wildman–Crippen MR) is 83.6 cm³/mol. The average Bonchev–Trinajstić information content (AvgIpc) is 3.10. The third-order valence-corrected chi connectivity index (χ3v) is 5.57. The second kappa shape index (κ2) is 6.60. The molecule has 1 atom stereocenters. The molecule has 3 rings (SSSR count). The molecule has 7 nitrogen and oxygen atoms in total.